The molecule has 1 heterocycles. The van der Waals surface area contributed by atoms with Gasteiger partial charge >= 0.3 is 5.97 Å². The summed E-state index contributed by atoms with van der Waals surface area (Å²) in [5.41, 5.74) is 0. The fourth-order valence-electron chi connectivity index (χ4n) is 1.08. The van der Waals surface area contributed by atoms with Crippen LogP contribution in [0.1, 0.15) is 6.42 Å². The Kier molecular flexibility index (Phi) is 8.47. The predicted octanol–water partition coefficient (Wildman–Crippen LogP) is 1.18. The average Bonchev–Trinajstić information content (AvgIpc) is 2.83. The number of aromatic nitrogens is 2. The van der Waals surface area contributed by atoms with E-state index in [1.54, 1.807) is 7.11 Å². The van der Waals surface area contributed by atoms with Crippen molar-refractivity contribution in [3.8, 4) is 0 Å². The number of hydrogen-bond acceptors (Lipinski definition) is 8. The Hall–Kier alpha value is -0.900. The summed E-state index contributed by atoms with van der Waals surface area (Å²) in [6.07, 6.45) is 0.862. The number of rotatable bonds is 11. The smallest absolute Gasteiger partial charge is 0.313 e. The number of nitrogens with one attached hydrogen (secondary N) is 1. The molecule has 0 aliphatic carbocycles. The molecule has 1 aromatic heterocycles. The number of nitrogens with zero attached hydrogens (tertiary/aromatic N) is 2. The lowest BCUT2D eigenvalue weighted by molar-refractivity contribution is -0.133. The molecule has 0 bridgehead atoms. The van der Waals surface area contributed by atoms with Gasteiger partial charge in [-0.25, -0.2) is 0 Å². The SMILES string of the molecule is COCCOCCCNc1nnc(SCC(=O)O)s1. The van der Waals surface area contributed by atoms with E-state index in [0.717, 1.165) is 13.0 Å². The van der Waals surface area contributed by atoms with Crippen molar-refractivity contribution in [2.24, 2.45) is 0 Å². The summed E-state index contributed by atoms with van der Waals surface area (Å²) in [5, 5.41) is 20.2. The highest BCUT2D eigenvalue weighted by Gasteiger charge is 2.06. The van der Waals surface area contributed by atoms with E-state index < -0.39 is 5.97 Å². The van der Waals surface area contributed by atoms with Gasteiger partial charge in [0.1, 0.15) is 0 Å². The van der Waals surface area contributed by atoms with E-state index in [-0.39, 0.29) is 5.75 Å². The van der Waals surface area contributed by atoms with Gasteiger partial charge in [-0.1, -0.05) is 23.1 Å². The summed E-state index contributed by atoms with van der Waals surface area (Å²) in [4.78, 5) is 10.4. The largest absolute Gasteiger partial charge is 0.481 e. The van der Waals surface area contributed by atoms with E-state index in [1.165, 1.54) is 23.1 Å². The van der Waals surface area contributed by atoms with Crippen LogP contribution in [0.5, 0.6) is 0 Å². The zero-order valence-corrected chi connectivity index (χ0v) is 12.3. The Bertz CT molecular complexity index is 375. The minimum absolute atomic E-state index is 0.00196. The molecule has 0 amide bonds. The molecule has 0 spiro atoms. The van der Waals surface area contributed by atoms with Crippen LogP contribution in [-0.4, -0.2) is 60.5 Å². The van der Waals surface area contributed by atoms with Crippen LogP contribution in [0.25, 0.3) is 0 Å². The van der Waals surface area contributed by atoms with Crippen molar-refractivity contribution in [1.29, 1.82) is 0 Å². The number of carbonyl (C=O) groups is 1. The minimum Gasteiger partial charge on any atom is -0.481 e. The molecule has 0 saturated carbocycles. The number of carboxylic acid groups (broad SMARTS) is 1. The minimum atomic E-state index is -0.858. The first-order chi connectivity index (χ1) is 9.22. The number of thioether (sulfide) groups is 1. The van der Waals surface area contributed by atoms with Crippen LogP contribution >= 0.6 is 23.1 Å². The van der Waals surface area contributed by atoms with Crippen LogP contribution in [-0.2, 0) is 14.3 Å². The van der Waals surface area contributed by atoms with Crippen LogP contribution in [0.15, 0.2) is 4.34 Å². The topological polar surface area (TPSA) is 93.6 Å². The molecule has 9 heteroatoms. The highest BCUT2D eigenvalue weighted by molar-refractivity contribution is 8.01. The van der Waals surface area contributed by atoms with Gasteiger partial charge in [-0.05, 0) is 6.42 Å². The number of ether oxygens (including phenoxy) is 2. The van der Waals surface area contributed by atoms with Gasteiger partial charge in [-0.15, -0.1) is 10.2 Å². The Morgan fingerprint density at radius 1 is 1.42 bits per heavy atom. The zero-order chi connectivity index (χ0) is 13.9. The second-order valence-electron chi connectivity index (χ2n) is 3.44. The predicted molar refractivity (Wildman–Crippen MR) is 74.1 cm³/mol. The first-order valence-electron chi connectivity index (χ1n) is 5.71. The van der Waals surface area contributed by atoms with Crippen molar-refractivity contribution in [3.05, 3.63) is 0 Å². The standard InChI is InChI=1S/C10H17N3O4S2/c1-16-5-6-17-4-2-3-11-9-12-13-10(19-9)18-7-8(14)15/h2-7H2,1H3,(H,11,12)(H,14,15). The van der Waals surface area contributed by atoms with Crippen LogP contribution in [0.3, 0.4) is 0 Å². The van der Waals surface area contributed by atoms with Crippen LogP contribution < -0.4 is 5.32 Å². The van der Waals surface area contributed by atoms with Crippen molar-refractivity contribution in [3.63, 3.8) is 0 Å². The highest BCUT2D eigenvalue weighted by atomic mass is 32.2. The molecule has 0 atom stereocenters. The average molecular weight is 307 g/mol. The first-order valence-corrected chi connectivity index (χ1v) is 7.51. The van der Waals surface area contributed by atoms with E-state index in [9.17, 15) is 4.79 Å². The Labute approximate surface area is 119 Å². The molecule has 7 nitrogen and oxygen atoms in total. The van der Waals surface area contributed by atoms with E-state index in [4.69, 9.17) is 14.6 Å². The molecule has 0 aromatic carbocycles. The van der Waals surface area contributed by atoms with E-state index in [1.807, 2.05) is 0 Å². The van der Waals surface area contributed by atoms with Gasteiger partial charge in [0.25, 0.3) is 0 Å². The third-order valence-corrected chi connectivity index (χ3v) is 3.90. The van der Waals surface area contributed by atoms with Crippen molar-refractivity contribution in [2.45, 2.75) is 10.8 Å². The summed E-state index contributed by atoms with van der Waals surface area (Å²) in [6.45, 7) is 2.61. The molecule has 1 aromatic rings. The van der Waals surface area contributed by atoms with E-state index >= 15 is 0 Å². The molecule has 0 aliphatic rings. The Morgan fingerprint density at radius 2 is 2.26 bits per heavy atom. The molecule has 0 radical (unpaired) electrons. The summed E-state index contributed by atoms with van der Waals surface area (Å²) in [7, 11) is 1.64. The molecule has 108 valence electrons. The number of aliphatic carboxylic acids is 1. The lowest BCUT2D eigenvalue weighted by Crippen LogP contribution is -2.08. The first kappa shape index (κ1) is 16.2. The molecular formula is C10H17N3O4S2. The molecule has 0 aliphatic heterocycles. The highest BCUT2D eigenvalue weighted by Crippen LogP contribution is 2.24. The van der Waals surface area contributed by atoms with Gasteiger partial charge in [0, 0.05) is 20.3 Å². The number of carboxylic acids is 1. The fourth-order valence-corrected chi connectivity index (χ4v) is 2.57. The Morgan fingerprint density at radius 3 is 3.00 bits per heavy atom. The molecule has 0 fully saturated rings. The molecule has 0 saturated heterocycles. The molecule has 0 unspecified atom stereocenters. The van der Waals surface area contributed by atoms with Crippen molar-refractivity contribution < 1.29 is 19.4 Å². The van der Waals surface area contributed by atoms with Crippen LogP contribution in [0.4, 0.5) is 5.13 Å². The van der Waals surface area contributed by atoms with E-state index in [0.29, 0.717) is 29.3 Å². The van der Waals surface area contributed by atoms with Gasteiger partial charge in [0.05, 0.1) is 19.0 Å². The molecule has 2 N–H and O–H groups in total. The normalized spacial score (nSPS) is 10.6. The van der Waals surface area contributed by atoms with Gasteiger partial charge in [-0.2, -0.15) is 0 Å². The summed E-state index contributed by atoms with van der Waals surface area (Å²) in [5.74, 6) is -0.856. The number of hydrogen-bond donors (Lipinski definition) is 2. The maximum atomic E-state index is 10.4. The maximum Gasteiger partial charge on any atom is 0.313 e. The lowest BCUT2D eigenvalue weighted by Gasteiger charge is -2.03. The molecule has 19 heavy (non-hydrogen) atoms. The Balaban J connectivity index is 2.07. The third kappa shape index (κ3) is 7.98. The second kappa shape index (κ2) is 9.96. The molecular weight excluding hydrogens is 290 g/mol. The van der Waals surface area contributed by atoms with E-state index in [2.05, 4.69) is 15.5 Å². The van der Waals surface area contributed by atoms with Gasteiger partial charge in [0.15, 0.2) is 4.34 Å². The van der Waals surface area contributed by atoms with Crippen LogP contribution in [0.2, 0.25) is 0 Å². The summed E-state index contributed by atoms with van der Waals surface area (Å²) >= 11 is 2.52. The van der Waals surface area contributed by atoms with Crippen molar-refractivity contribution in [1.82, 2.24) is 10.2 Å². The fraction of sp³-hybridized carbons (Fsp3) is 0.700. The third-order valence-electron chi connectivity index (χ3n) is 1.90. The summed E-state index contributed by atoms with van der Waals surface area (Å²) < 4.78 is 10.8. The number of anilines is 1. The van der Waals surface area contributed by atoms with Crippen molar-refractivity contribution in [2.75, 3.05) is 44.5 Å². The van der Waals surface area contributed by atoms with Gasteiger partial charge in [-0.3, -0.25) is 4.79 Å². The van der Waals surface area contributed by atoms with Gasteiger partial charge in [0.2, 0.25) is 5.13 Å². The monoisotopic (exact) mass is 307 g/mol. The molecule has 1 rings (SSSR count). The quantitative estimate of drug-likeness (QED) is 0.465. The maximum absolute atomic E-state index is 10.4. The van der Waals surface area contributed by atoms with Crippen LogP contribution in [0, 0.1) is 0 Å². The lowest BCUT2D eigenvalue weighted by atomic mass is 10.4. The number of methoxy groups -OCH3 is 1. The second-order valence-corrected chi connectivity index (χ2v) is 5.64. The summed E-state index contributed by atoms with van der Waals surface area (Å²) in [6, 6.07) is 0. The van der Waals surface area contributed by atoms with Crippen molar-refractivity contribution >= 4 is 34.2 Å². The van der Waals surface area contributed by atoms with Gasteiger partial charge < -0.3 is 19.9 Å². The zero-order valence-electron chi connectivity index (χ0n) is 10.6.